The average molecular weight is 601 g/mol. The third-order valence-electron chi connectivity index (χ3n) is 5.32. The summed E-state index contributed by atoms with van der Waals surface area (Å²) < 4.78 is 49.6. The van der Waals surface area contributed by atoms with E-state index in [0.717, 1.165) is 16.4 Å². The van der Waals surface area contributed by atoms with E-state index in [1.165, 1.54) is 40.7 Å². The van der Waals surface area contributed by atoms with E-state index in [1.54, 1.807) is 12.3 Å². The number of β-lactam (4-membered cyclic amide) rings is 1. The number of fused-ring (bicyclic) bond motifs is 1. The summed E-state index contributed by atoms with van der Waals surface area (Å²) in [5.41, 5.74) is 5.05. The number of hydrogen-bond donors (Lipinski definition) is 4. The Bertz CT molecular complexity index is 1520. The lowest BCUT2D eigenvalue weighted by Gasteiger charge is -2.49. The van der Waals surface area contributed by atoms with Crippen LogP contribution in [-0.2, 0) is 35.9 Å². The largest absolute Gasteiger partial charge is 0.477 e. The van der Waals surface area contributed by atoms with Crippen molar-refractivity contribution in [2.75, 3.05) is 18.3 Å². The fraction of sp³-hybridized carbons (Fsp3) is 0.250. The van der Waals surface area contributed by atoms with Crippen LogP contribution in [0.4, 0.5) is 9.52 Å². The molecule has 5 N–H and O–H groups in total. The van der Waals surface area contributed by atoms with E-state index in [1.807, 2.05) is 0 Å². The lowest BCUT2D eigenvalue weighted by atomic mass is 10.0. The second-order valence-electron chi connectivity index (χ2n) is 7.79. The molecular formula is C20H19FN7O8S3+. The maximum atomic E-state index is 12.9. The molecule has 2 amide bonds. The van der Waals surface area contributed by atoms with Crippen LogP contribution in [0.15, 0.2) is 58.0 Å². The van der Waals surface area contributed by atoms with E-state index in [9.17, 15) is 36.9 Å². The first-order chi connectivity index (χ1) is 18.5. The van der Waals surface area contributed by atoms with E-state index < -0.39 is 51.9 Å². The Hall–Kier alpha value is -3.94. The van der Waals surface area contributed by atoms with Crippen LogP contribution in [0.25, 0.3) is 0 Å². The molecule has 15 nitrogen and oxygen atoms in total. The minimum Gasteiger partial charge on any atom is -0.477 e. The molecule has 0 saturated carbocycles. The fourth-order valence-corrected chi connectivity index (χ4v) is 5.94. The predicted molar refractivity (Wildman–Crippen MR) is 133 cm³/mol. The van der Waals surface area contributed by atoms with Crippen molar-refractivity contribution in [3.05, 3.63) is 53.8 Å². The summed E-state index contributed by atoms with van der Waals surface area (Å²) in [5, 5.41) is 14.9. The molecule has 4 rings (SSSR count). The number of anilines is 1. The number of alkyl halides is 1. The van der Waals surface area contributed by atoms with Gasteiger partial charge in [0, 0.05) is 23.4 Å². The van der Waals surface area contributed by atoms with Gasteiger partial charge in [0.1, 0.15) is 17.1 Å². The van der Waals surface area contributed by atoms with Crippen molar-refractivity contribution < 1.29 is 46.3 Å². The van der Waals surface area contributed by atoms with E-state index >= 15 is 0 Å². The predicted octanol–water partition coefficient (Wildman–Crippen LogP) is -0.703. The van der Waals surface area contributed by atoms with E-state index in [2.05, 4.69) is 24.7 Å². The number of nitrogen functional groups attached to an aromatic ring is 1. The number of aromatic nitrogens is 3. The summed E-state index contributed by atoms with van der Waals surface area (Å²) in [7, 11) is -4.39. The Kier molecular flexibility index (Phi) is 8.23. The van der Waals surface area contributed by atoms with Gasteiger partial charge in [0.25, 0.3) is 28.8 Å². The topological polar surface area (TPSA) is 218 Å². The highest BCUT2D eigenvalue weighted by molar-refractivity contribution is 8.00. The second kappa shape index (κ2) is 11.4. The quantitative estimate of drug-likeness (QED) is 0.0875. The van der Waals surface area contributed by atoms with Crippen LogP contribution in [0.5, 0.6) is 0 Å². The molecule has 39 heavy (non-hydrogen) atoms. The van der Waals surface area contributed by atoms with Gasteiger partial charge in [0.2, 0.25) is 11.5 Å². The Labute approximate surface area is 227 Å². The number of pyridine rings is 1. The van der Waals surface area contributed by atoms with Crippen molar-refractivity contribution in [3.63, 3.8) is 0 Å². The number of carbonyl (C=O) groups excluding carboxylic acids is 2. The number of nitrogens with two attached hydrogens (primary N) is 1. The van der Waals surface area contributed by atoms with E-state index in [-0.39, 0.29) is 33.8 Å². The third kappa shape index (κ3) is 6.05. The van der Waals surface area contributed by atoms with Gasteiger partial charge in [0.05, 0.1) is 0 Å². The zero-order chi connectivity index (χ0) is 28.3. The molecule has 2 atom stereocenters. The Morgan fingerprint density at radius 2 is 2.21 bits per heavy atom. The van der Waals surface area contributed by atoms with Crippen LogP contribution >= 0.6 is 23.3 Å². The number of carbonyl (C=O) groups is 3. The highest BCUT2D eigenvalue weighted by Crippen LogP contribution is 2.40. The molecule has 4 heterocycles. The van der Waals surface area contributed by atoms with Gasteiger partial charge in [0.15, 0.2) is 29.0 Å². The molecule has 206 valence electrons. The van der Waals surface area contributed by atoms with Crippen molar-refractivity contribution in [2.24, 2.45) is 5.16 Å². The summed E-state index contributed by atoms with van der Waals surface area (Å²) in [6.45, 7) is -1.20. The van der Waals surface area contributed by atoms with Gasteiger partial charge in [-0.15, -0.1) is 11.8 Å². The maximum absolute atomic E-state index is 12.9. The number of halogens is 1. The normalized spacial score (nSPS) is 19.6. The summed E-state index contributed by atoms with van der Waals surface area (Å²) in [4.78, 5) is 46.6. The SMILES string of the molecule is Nc1nc(C(=NOCF)C(=O)N[C@@H]2C(=O)N3C(C(=O)O)=C(C=CC[n+]4cccc(S(=O)(=O)O)c4)CS[C@@H]23)ns1. The smallest absolute Gasteiger partial charge is 0.352 e. The molecule has 0 spiro atoms. The van der Waals surface area contributed by atoms with Crippen LogP contribution in [0, 0.1) is 0 Å². The van der Waals surface area contributed by atoms with Crippen LogP contribution in [-0.4, -0.2) is 79.9 Å². The van der Waals surface area contributed by atoms with E-state index in [0.29, 0.717) is 5.57 Å². The minimum absolute atomic E-state index is 0.0147. The molecule has 2 aromatic rings. The van der Waals surface area contributed by atoms with Gasteiger partial charge >= 0.3 is 5.97 Å². The molecule has 0 radical (unpaired) electrons. The maximum Gasteiger partial charge on any atom is 0.352 e. The van der Waals surface area contributed by atoms with Crippen molar-refractivity contribution >= 4 is 62.0 Å². The Morgan fingerprint density at radius 1 is 1.44 bits per heavy atom. The van der Waals surface area contributed by atoms with Crippen molar-refractivity contribution in [2.45, 2.75) is 22.9 Å². The molecule has 2 aliphatic heterocycles. The first kappa shape index (κ1) is 28.1. The molecule has 0 aromatic carbocycles. The molecule has 1 fully saturated rings. The number of carboxylic acids is 1. The summed E-state index contributed by atoms with van der Waals surface area (Å²) in [6.07, 6.45) is 5.82. The third-order valence-corrected chi connectivity index (χ3v) is 8.01. The zero-order valence-electron chi connectivity index (χ0n) is 19.5. The van der Waals surface area contributed by atoms with Crippen LogP contribution in [0.3, 0.4) is 0 Å². The van der Waals surface area contributed by atoms with Crippen molar-refractivity contribution in [1.82, 2.24) is 19.6 Å². The number of allylic oxidation sites excluding steroid dienone is 2. The monoisotopic (exact) mass is 600 g/mol. The van der Waals surface area contributed by atoms with Gasteiger partial charge in [-0.1, -0.05) is 11.2 Å². The lowest BCUT2D eigenvalue weighted by Crippen LogP contribution is -2.71. The number of oxime groups is 1. The van der Waals surface area contributed by atoms with Crippen LogP contribution in [0.1, 0.15) is 5.82 Å². The average Bonchev–Trinajstić information content (AvgIpc) is 3.32. The van der Waals surface area contributed by atoms with Gasteiger partial charge in [-0.05, 0) is 17.7 Å². The first-order valence-electron chi connectivity index (χ1n) is 10.7. The molecule has 0 aliphatic carbocycles. The second-order valence-corrected chi connectivity index (χ2v) is 11.1. The molecule has 1 saturated heterocycles. The van der Waals surface area contributed by atoms with E-state index in [4.69, 9.17) is 5.73 Å². The molecule has 2 aliphatic rings. The minimum atomic E-state index is -4.39. The first-order valence-corrected chi connectivity index (χ1v) is 14.0. The lowest BCUT2D eigenvalue weighted by molar-refractivity contribution is -0.688. The number of nitrogens with one attached hydrogen (secondary N) is 1. The number of thioether (sulfide) groups is 1. The highest BCUT2D eigenvalue weighted by Gasteiger charge is 2.54. The van der Waals surface area contributed by atoms with Crippen molar-refractivity contribution in [3.8, 4) is 0 Å². The number of carboxylic acid groups (broad SMARTS) is 1. The standard InChI is InChI=1S/C20H18FN7O8S3/c21-9-36-25-12(15-24-20(22)38-26-15)16(29)23-13-17(30)28-14(19(31)32)10(8-37-18(13)28)3-1-5-27-6-2-4-11(7-27)39(33,34)35/h1-4,6-7,13,18H,5,8-9H2,(H4-,22,23,24,26,29,31,32,33,34,35)/p+1/t13-,18+/m1/s1. The van der Waals surface area contributed by atoms with Crippen molar-refractivity contribution in [1.29, 1.82) is 0 Å². The molecular weight excluding hydrogens is 581 g/mol. The summed E-state index contributed by atoms with van der Waals surface area (Å²) in [6, 6.07) is 1.52. The summed E-state index contributed by atoms with van der Waals surface area (Å²) >= 11 is 1.96. The molecule has 19 heteroatoms. The number of aliphatic carboxylic acids is 1. The Morgan fingerprint density at radius 3 is 2.85 bits per heavy atom. The molecule has 0 bridgehead atoms. The van der Waals surface area contributed by atoms with Gasteiger partial charge in [-0.25, -0.2) is 13.8 Å². The highest BCUT2D eigenvalue weighted by atomic mass is 32.2. The van der Waals surface area contributed by atoms with Gasteiger partial charge in [-0.3, -0.25) is 19.0 Å². The number of amides is 2. The number of hydrogen-bond acceptors (Lipinski definition) is 12. The van der Waals surface area contributed by atoms with Gasteiger partial charge in [-0.2, -0.15) is 17.8 Å². The number of nitrogens with zero attached hydrogens (tertiary/aromatic N) is 5. The fourth-order valence-electron chi connectivity index (χ4n) is 3.67. The number of rotatable bonds is 10. The molecule has 0 unspecified atom stereocenters. The zero-order valence-corrected chi connectivity index (χ0v) is 21.9. The summed E-state index contributed by atoms with van der Waals surface area (Å²) in [5.74, 6) is -3.07. The van der Waals surface area contributed by atoms with Crippen LogP contribution in [0.2, 0.25) is 0 Å². The van der Waals surface area contributed by atoms with Crippen LogP contribution < -0.4 is 15.6 Å². The van der Waals surface area contributed by atoms with Gasteiger partial charge < -0.3 is 21.0 Å². The Balaban J connectivity index is 1.49. The molecule has 2 aromatic heterocycles.